The Morgan fingerprint density at radius 3 is 2.49 bits per heavy atom. The maximum atomic E-state index is 12.8. The van der Waals surface area contributed by atoms with E-state index in [1.54, 1.807) is 30.3 Å². The zero-order valence-electron chi connectivity index (χ0n) is 20.7. The number of carbonyl (C=O) groups is 3. The Balaban J connectivity index is 1.43. The van der Waals surface area contributed by atoms with Gasteiger partial charge in [0.25, 0.3) is 21.8 Å². The molecule has 11 heteroatoms. The van der Waals surface area contributed by atoms with Crippen LogP contribution in [0.3, 0.4) is 0 Å². The summed E-state index contributed by atoms with van der Waals surface area (Å²) in [7, 11) is -4.35. The number of nitrogens with zero attached hydrogens (tertiary/aromatic N) is 2. The summed E-state index contributed by atoms with van der Waals surface area (Å²) in [5, 5.41) is 8.53. The molecule has 3 amide bonds. The van der Waals surface area contributed by atoms with E-state index in [2.05, 4.69) is 28.7 Å². The van der Waals surface area contributed by atoms with Crippen LogP contribution in [0.4, 0.5) is 10.5 Å². The molecule has 3 aromatic rings. The van der Waals surface area contributed by atoms with E-state index in [-0.39, 0.29) is 6.54 Å². The number of carbonyl (C=O) groups excluding carboxylic acids is 3. The number of hydrogen-bond acceptors (Lipinski definition) is 6. The molecular weight excluding hydrogens is 494 g/mol. The van der Waals surface area contributed by atoms with Crippen LogP contribution < -0.4 is 15.4 Å². The molecule has 1 aliphatic rings. The predicted octanol–water partition coefficient (Wildman–Crippen LogP) is 3.08. The number of fused-ring (bicyclic) bond motifs is 1. The molecule has 0 aliphatic heterocycles. The fraction of sp³-hybridized carbons (Fsp3) is 0.308. The predicted molar refractivity (Wildman–Crippen MR) is 138 cm³/mol. The molecule has 194 valence electrons. The summed E-state index contributed by atoms with van der Waals surface area (Å²) in [6, 6.07) is 10.8. The lowest BCUT2D eigenvalue weighted by molar-refractivity contribution is 0.0849. The van der Waals surface area contributed by atoms with Crippen LogP contribution in [0.15, 0.2) is 53.7 Å². The molecule has 2 aromatic carbocycles. The number of amides is 3. The molecule has 1 heterocycles. The molecule has 0 saturated carbocycles. The third-order valence-electron chi connectivity index (χ3n) is 6.33. The number of aryl methyl sites for hydroxylation is 2. The quantitative estimate of drug-likeness (QED) is 0.415. The average molecular weight is 524 g/mol. The van der Waals surface area contributed by atoms with Crippen molar-refractivity contribution in [3.8, 4) is 0 Å². The van der Waals surface area contributed by atoms with Crippen molar-refractivity contribution >= 4 is 33.6 Å². The number of aromatic nitrogens is 2. The van der Waals surface area contributed by atoms with Gasteiger partial charge in [-0.25, -0.2) is 14.2 Å². The summed E-state index contributed by atoms with van der Waals surface area (Å²) in [4.78, 5) is 37.3. The van der Waals surface area contributed by atoms with Crippen LogP contribution in [0, 0.1) is 0 Å². The van der Waals surface area contributed by atoms with E-state index in [0.717, 1.165) is 59.3 Å². The van der Waals surface area contributed by atoms with Gasteiger partial charge in [-0.15, -0.1) is 0 Å². The normalized spacial score (nSPS) is 12.6. The van der Waals surface area contributed by atoms with Crippen LogP contribution in [-0.4, -0.2) is 42.6 Å². The van der Waals surface area contributed by atoms with E-state index >= 15 is 0 Å². The Bertz CT molecular complexity index is 1450. The zero-order valence-corrected chi connectivity index (χ0v) is 21.5. The Morgan fingerprint density at radius 1 is 1.03 bits per heavy atom. The summed E-state index contributed by atoms with van der Waals surface area (Å²) >= 11 is 0. The topological polar surface area (TPSA) is 139 Å². The lowest BCUT2D eigenvalue weighted by Gasteiger charge is -2.19. The zero-order chi connectivity index (χ0) is 26.6. The second-order valence-corrected chi connectivity index (χ2v) is 10.3. The second-order valence-electron chi connectivity index (χ2n) is 8.69. The standard InChI is InChI=1S/C26H29N5O5S/c1-3-17-15-19-11-8-12-21(19)24(20(17)4-2)28-26(34)30-37(35,36)22-13-14-31(29-22)23(32)16-27-25(33)18-9-6-5-7-10-18/h5-7,9-10,13-15H,3-4,8,11-12,16H2,1-2H3,(H,27,33)(H2,28,30,34). The highest BCUT2D eigenvalue weighted by Crippen LogP contribution is 2.35. The summed E-state index contributed by atoms with van der Waals surface area (Å²) in [5.41, 5.74) is 5.44. The Morgan fingerprint density at radius 2 is 1.78 bits per heavy atom. The van der Waals surface area contributed by atoms with Gasteiger partial charge in [0.15, 0.2) is 5.03 Å². The van der Waals surface area contributed by atoms with E-state index in [9.17, 15) is 22.8 Å². The van der Waals surface area contributed by atoms with Crippen molar-refractivity contribution < 1.29 is 22.8 Å². The van der Waals surface area contributed by atoms with Gasteiger partial charge >= 0.3 is 6.03 Å². The molecule has 4 rings (SSSR count). The number of rotatable bonds is 8. The Hall–Kier alpha value is -3.99. The molecule has 0 unspecified atom stereocenters. The number of benzene rings is 2. The first-order chi connectivity index (χ1) is 17.7. The number of hydrogen-bond donors (Lipinski definition) is 3. The van der Waals surface area contributed by atoms with E-state index in [1.165, 1.54) is 5.56 Å². The van der Waals surface area contributed by atoms with Gasteiger partial charge in [0.2, 0.25) is 0 Å². The molecule has 37 heavy (non-hydrogen) atoms. The third-order valence-corrected chi connectivity index (χ3v) is 7.55. The molecule has 1 aliphatic carbocycles. The van der Waals surface area contributed by atoms with Gasteiger partial charge in [-0.2, -0.15) is 13.5 Å². The molecule has 0 fully saturated rings. The molecule has 3 N–H and O–H groups in total. The highest BCUT2D eigenvalue weighted by molar-refractivity contribution is 7.90. The van der Waals surface area contributed by atoms with Crippen molar-refractivity contribution in [2.75, 3.05) is 11.9 Å². The summed E-state index contributed by atoms with van der Waals surface area (Å²) in [6.45, 7) is 3.66. The van der Waals surface area contributed by atoms with Crippen LogP contribution in [0.25, 0.3) is 0 Å². The molecule has 0 spiro atoms. The van der Waals surface area contributed by atoms with Crippen LogP contribution in [0.2, 0.25) is 0 Å². The van der Waals surface area contributed by atoms with Crippen molar-refractivity contribution in [3.63, 3.8) is 0 Å². The smallest absolute Gasteiger partial charge is 0.333 e. The fourth-order valence-electron chi connectivity index (χ4n) is 4.55. The van der Waals surface area contributed by atoms with Crippen molar-refractivity contribution in [3.05, 3.63) is 76.5 Å². The van der Waals surface area contributed by atoms with Crippen molar-refractivity contribution in [2.45, 2.75) is 51.0 Å². The van der Waals surface area contributed by atoms with E-state index in [0.29, 0.717) is 17.7 Å². The Labute approximate surface area is 215 Å². The van der Waals surface area contributed by atoms with Gasteiger partial charge in [-0.3, -0.25) is 9.59 Å². The third kappa shape index (κ3) is 5.72. The number of urea groups is 1. The molecule has 0 atom stereocenters. The Kier molecular flexibility index (Phi) is 7.72. The fourth-order valence-corrected chi connectivity index (χ4v) is 5.39. The van der Waals surface area contributed by atoms with Crippen molar-refractivity contribution in [2.24, 2.45) is 0 Å². The molecule has 0 radical (unpaired) electrons. The second kappa shape index (κ2) is 11.0. The number of sulfonamides is 1. The van der Waals surface area contributed by atoms with Crippen molar-refractivity contribution in [1.29, 1.82) is 0 Å². The van der Waals surface area contributed by atoms with E-state index in [1.807, 2.05) is 11.6 Å². The molecule has 0 saturated heterocycles. The molecule has 0 bridgehead atoms. The first kappa shape index (κ1) is 26.1. The SMILES string of the molecule is CCc1cc2c(c(NC(=O)NS(=O)(=O)c3ccn(C(=O)CNC(=O)c4ccccc4)n3)c1CC)CCC2. The first-order valence-electron chi connectivity index (χ1n) is 12.2. The average Bonchev–Trinajstić information content (AvgIpc) is 3.57. The van der Waals surface area contributed by atoms with Gasteiger partial charge in [0.05, 0.1) is 6.54 Å². The maximum Gasteiger partial charge on any atom is 0.333 e. The van der Waals surface area contributed by atoms with Gasteiger partial charge in [-0.05, 0) is 72.6 Å². The van der Waals surface area contributed by atoms with Crippen LogP contribution >= 0.6 is 0 Å². The number of nitrogens with one attached hydrogen (secondary N) is 3. The monoisotopic (exact) mass is 523 g/mol. The van der Waals surface area contributed by atoms with Crippen LogP contribution in [0.5, 0.6) is 0 Å². The van der Waals surface area contributed by atoms with Crippen LogP contribution in [0.1, 0.15) is 57.7 Å². The summed E-state index contributed by atoms with van der Waals surface area (Å²) in [5.74, 6) is -1.09. The number of anilines is 1. The lowest BCUT2D eigenvalue weighted by atomic mass is 9.94. The maximum absolute atomic E-state index is 12.8. The first-order valence-corrected chi connectivity index (χ1v) is 13.6. The van der Waals surface area contributed by atoms with Gasteiger partial charge in [0, 0.05) is 17.4 Å². The van der Waals surface area contributed by atoms with Gasteiger partial charge in [0.1, 0.15) is 0 Å². The minimum atomic E-state index is -4.35. The molecule has 10 nitrogen and oxygen atoms in total. The van der Waals surface area contributed by atoms with Crippen molar-refractivity contribution in [1.82, 2.24) is 19.8 Å². The lowest BCUT2D eigenvalue weighted by Crippen LogP contribution is -2.36. The summed E-state index contributed by atoms with van der Waals surface area (Å²) in [6.07, 6.45) is 5.41. The van der Waals surface area contributed by atoms with E-state index in [4.69, 9.17) is 0 Å². The molecular formula is C26H29N5O5S. The minimum Gasteiger partial charge on any atom is -0.343 e. The largest absolute Gasteiger partial charge is 0.343 e. The van der Waals surface area contributed by atoms with Crippen LogP contribution in [-0.2, 0) is 35.7 Å². The minimum absolute atomic E-state index is 0.385. The van der Waals surface area contributed by atoms with Gasteiger partial charge in [-0.1, -0.05) is 38.1 Å². The van der Waals surface area contributed by atoms with Gasteiger partial charge < -0.3 is 10.6 Å². The highest BCUT2D eigenvalue weighted by atomic mass is 32.2. The highest BCUT2D eigenvalue weighted by Gasteiger charge is 2.25. The van der Waals surface area contributed by atoms with E-state index < -0.39 is 32.9 Å². The summed E-state index contributed by atoms with van der Waals surface area (Å²) < 4.78 is 28.4. The molecule has 1 aromatic heterocycles.